The van der Waals surface area contributed by atoms with Gasteiger partial charge in [-0.1, -0.05) is 0 Å². The zero-order chi connectivity index (χ0) is 26.4. The Morgan fingerprint density at radius 1 is 1.32 bits per heavy atom. The van der Waals surface area contributed by atoms with Gasteiger partial charge in [-0.2, -0.15) is 17.6 Å². The summed E-state index contributed by atoms with van der Waals surface area (Å²) < 4.78 is 112. The first-order valence-corrected chi connectivity index (χ1v) is 10.9. The summed E-state index contributed by atoms with van der Waals surface area (Å²) in [5.74, 6) is -5.10. The number of aromatic nitrogens is 1. The molecule has 0 aliphatic carbocycles. The van der Waals surface area contributed by atoms with Crippen molar-refractivity contribution in [3.63, 3.8) is 0 Å². The van der Waals surface area contributed by atoms with Crippen molar-refractivity contribution < 1.29 is 46.0 Å². The van der Waals surface area contributed by atoms with Crippen molar-refractivity contribution in [2.24, 2.45) is 5.14 Å². The third-order valence-electron chi connectivity index (χ3n) is 5.17. The number of carbonyl (C=O) groups excluding carboxylic acids is 1. The summed E-state index contributed by atoms with van der Waals surface area (Å²) in [5, 5.41) is 6.49. The monoisotopic (exact) mass is 511 g/mol. The second kappa shape index (κ2) is 8.96. The Morgan fingerprint density at radius 2 is 2.00 bits per heavy atom. The summed E-state index contributed by atoms with van der Waals surface area (Å²) in [6.45, 7) is -1.15. The maximum atomic E-state index is 14.4. The Kier molecular flexibility index (Phi) is 6.35. The van der Waals surface area contributed by atoms with E-state index in [-0.39, 0.29) is 5.69 Å². The van der Waals surface area contributed by atoms with Crippen LogP contribution in [0.4, 0.5) is 33.3 Å². The number of methoxy groups -OCH3 is 2. The lowest BCUT2D eigenvalue weighted by molar-refractivity contribution is -0.261. The molecule has 3 N–H and O–H groups in total. The van der Waals surface area contributed by atoms with Gasteiger partial charge in [-0.15, -0.1) is 0 Å². The number of alkyl halides is 3. The van der Waals surface area contributed by atoms with E-state index < -0.39 is 74.8 Å². The van der Waals surface area contributed by atoms with Crippen LogP contribution in [-0.4, -0.2) is 57.9 Å². The fourth-order valence-corrected chi connectivity index (χ4v) is 3.92. The molecule has 15 heteroatoms. The number of pyridine rings is 1. The largest absolute Gasteiger partial charge is 0.491 e. The van der Waals surface area contributed by atoms with E-state index in [1.165, 1.54) is 0 Å². The summed E-state index contributed by atoms with van der Waals surface area (Å²) in [5.41, 5.74) is -3.81. The molecule has 3 rings (SSSR count). The van der Waals surface area contributed by atoms with E-state index >= 15 is 0 Å². The number of rotatable bonds is 6. The van der Waals surface area contributed by atoms with E-state index in [1.54, 1.807) is 0 Å². The standard InChI is InChI=1S/C19H19F5N4O5S/c1-32-16-12(4-3-11(20)15(16)21)28-9-18(33-2,19(22,23)24)8-13(28)17(29)27-10-5-6-26-14(7-10)34(25,30)31/h3-7,13H,8-9H2,1-2H3,(H2,25,30,31)(H,26,27,29)/i13D. The van der Waals surface area contributed by atoms with E-state index in [2.05, 4.69) is 10.3 Å². The second-order valence-corrected chi connectivity index (χ2v) is 8.71. The number of hydrogen-bond acceptors (Lipinski definition) is 7. The molecule has 1 aromatic carbocycles. The van der Waals surface area contributed by atoms with E-state index in [0.717, 1.165) is 38.6 Å². The third-order valence-corrected chi connectivity index (χ3v) is 5.98. The lowest BCUT2D eigenvalue weighted by atomic mass is 9.99. The highest BCUT2D eigenvalue weighted by atomic mass is 32.2. The van der Waals surface area contributed by atoms with Gasteiger partial charge in [0, 0.05) is 31.5 Å². The second-order valence-electron chi connectivity index (χ2n) is 7.20. The molecule has 1 aromatic heterocycles. The van der Waals surface area contributed by atoms with Crippen LogP contribution in [0.2, 0.25) is 0 Å². The van der Waals surface area contributed by atoms with Crippen LogP contribution in [0.25, 0.3) is 0 Å². The molecule has 2 atom stereocenters. The number of carbonyl (C=O) groups is 1. The minimum Gasteiger partial charge on any atom is -0.491 e. The SMILES string of the molecule is [2H]C1(C(=O)Nc2ccnc(S(N)(=O)=O)c2)CC(OC)(C(F)(F)F)CN1c1ccc(F)c(F)c1OC. The van der Waals surface area contributed by atoms with Gasteiger partial charge in [0.1, 0.15) is 6.02 Å². The predicted octanol–water partition coefficient (Wildman–Crippen LogP) is 2.18. The van der Waals surface area contributed by atoms with E-state index in [4.69, 9.17) is 16.0 Å². The van der Waals surface area contributed by atoms with Crippen molar-refractivity contribution in [2.45, 2.75) is 29.2 Å². The predicted molar refractivity (Wildman–Crippen MR) is 109 cm³/mol. The van der Waals surface area contributed by atoms with Crippen LogP contribution in [0.3, 0.4) is 0 Å². The van der Waals surface area contributed by atoms with Crippen molar-refractivity contribution in [3.05, 3.63) is 42.1 Å². The van der Waals surface area contributed by atoms with Crippen LogP contribution in [0.1, 0.15) is 7.79 Å². The number of halogens is 5. The Hall–Kier alpha value is -3.04. The van der Waals surface area contributed by atoms with E-state index in [0.29, 0.717) is 11.0 Å². The molecule has 2 aromatic rings. The fraction of sp³-hybridized carbons (Fsp3) is 0.368. The fourth-order valence-electron chi connectivity index (χ4n) is 3.42. The van der Waals surface area contributed by atoms with Crippen LogP contribution >= 0.6 is 0 Å². The number of hydrogen-bond donors (Lipinski definition) is 2. The molecule has 9 nitrogen and oxygen atoms in total. The van der Waals surface area contributed by atoms with E-state index in [9.17, 15) is 35.2 Å². The van der Waals surface area contributed by atoms with Gasteiger partial charge in [0.05, 0.1) is 20.7 Å². The first kappa shape index (κ1) is 24.1. The average molecular weight is 511 g/mol. The molecular weight excluding hydrogens is 491 g/mol. The Balaban J connectivity index is 2.14. The lowest BCUT2D eigenvalue weighted by Crippen LogP contribution is -2.49. The normalized spacial score (nSPS) is 23.5. The van der Waals surface area contributed by atoms with Crippen LogP contribution in [0, 0.1) is 11.6 Å². The molecule has 2 heterocycles. The van der Waals surface area contributed by atoms with Crippen LogP contribution in [0.15, 0.2) is 35.5 Å². The van der Waals surface area contributed by atoms with Gasteiger partial charge in [-0.3, -0.25) is 4.79 Å². The number of nitrogens with zero attached hydrogens (tertiary/aromatic N) is 2. The van der Waals surface area contributed by atoms with Crippen molar-refractivity contribution in [1.82, 2.24) is 4.98 Å². The van der Waals surface area contributed by atoms with Gasteiger partial charge in [0.2, 0.25) is 11.7 Å². The number of nitrogens with two attached hydrogens (primary N) is 1. The molecule has 1 fully saturated rings. The molecule has 34 heavy (non-hydrogen) atoms. The molecule has 0 spiro atoms. The van der Waals surface area contributed by atoms with Crippen LogP contribution in [-0.2, 0) is 19.6 Å². The molecule has 1 aliphatic heterocycles. The third kappa shape index (κ3) is 4.63. The van der Waals surface area contributed by atoms with Crippen molar-refractivity contribution in [3.8, 4) is 5.75 Å². The highest BCUT2D eigenvalue weighted by Gasteiger charge is 2.63. The summed E-state index contributed by atoms with van der Waals surface area (Å²) in [6.07, 6.45) is -5.39. The molecule has 0 radical (unpaired) electrons. The Bertz CT molecular complexity index is 1260. The quantitative estimate of drug-likeness (QED) is 0.570. The summed E-state index contributed by atoms with van der Waals surface area (Å²) >= 11 is 0. The summed E-state index contributed by atoms with van der Waals surface area (Å²) in [4.78, 5) is 17.3. The maximum absolute atomic E-state index is 14.4. The molecular formula is C19H19F5N4O5S. The molecule has 186 valence electrons. The smallest absolute Gasteiger partial charge is 0.419 e. The van der Waals surface area contributed by atoms with E-state index in [1.807, 2.05) is 0 Å². The highest BCUT2D eigenvalue weighted by Crippen LogP contribution is 2.47. The minimum atomic E-state index is -5.08. The zero-order valence-electron chi connectivity index (χ0n) is 18.6. The van der Waals surface area contributed by atoms with Crippen molar-refractivity contribution in [1.29, 1.82) is 0 Å². The Morgan fingerprint density at radius 3 is 2.56 bits per heavy atom. The van der Waals surface area contributed by atoms with Crippen LogP contribution < -0.4 is 20.1 Å². The zero-order valence-corrected chi connectivity index (χ0v) is 18.4. The van der Waals surface area contributed by atoms with Gasteiger partial charge in [-0.25, -0.2) is 22.9 Å². The number of benzene rings is 1. The highest BCUT2D eigenvalue weighted by molar-refractivity contribution is 7.89. The number of amides is 1. The molecule has 1 saturated heterocycles. The van der Waals surface area contributed by atoms with Gasteiger partial charge in [0.15, 0.2) is 22.2 Å². The summed E-state index contributed by atoms with van der Waals surface area (Å²) in [6, 6.07) is 0.602. The molecule has 0 saturated carbocycles. The average Bonchev–Trinajstić information content (AvgIpc) is 3.10. The van der Waals surface area contributed by atoms with Crippen molar-refractivity contribution in [2.75, 3.05) is 31.0 Å². The lowest BCUT2D eigenvalue weighted by Gasteiger charge is -2.31. The van der Waals surface area contributed by atoms with Crippen LogP contribution in [0.5, 0.6) is 5.75 Å². The Labute approximate surface area is 192 Å². The molecule has 1 aliphatic rings. The van der Waals surface area contributed by atoms with Crippen molar-refractivity contribution >= 4 is 27.3 Å². The maximum Gasteiger partial charge on any atom is 0.419 e. The summed E-state index contributed by atoms with van der Waals surface area (Å²) in [7, 11) is -2.62. The number of ether oxygens (including phenoxy) is 2. The molecule has 2 unspecified atom stereocenters. The number of nitrogens with one attached hydrogen (secondary N) is 1. The molecule has 0 bridgehead atoms. The van der Waals surface area contributed by atoms with Gasteiger partial charge < -0.3 is 19.7 Å². The first-order valence-electron chi connectivity index (χ1n) is 9.81. The first-order chi connectivity index (χ1) is 16.1. The van der Waals surface area contributed by atoms with Gasteiger partial charge in [-0.05, 0) is 18.2 Å². The van der Waals surface area contributed by atoms with Gasteiger partial charge >= 0.3 is 6.18 Å². The number of anilines is 2. The molecule has 1 amide bonds. The van der Waals surface area contributed by atoms with Gasteiger partial charge in [0.25, 0.3) is 10.0 Å². The number of primary sulfonamides is 1. The topological polar surface area (TPSA) is 124 Å². The number of sulfonamides is 1. The minimum absolute atomic E-state index is 0.250.